The summed E-state index contributed by atoms with van der Waals surface area (Å²) in [5.74, 6) is -0.788. The maximum absolute atomic E-state index is 10.8. The van der Waals surface area contributed by atoms with E-state index in [1.54, 1.807) is 0 Å². The van der Waals surface area contributed by atoms with Gasteiger partial charge in [-0.15, -0.1) is 5.10 Å². The highest BCUT2D eigenvalue weighted by Crippen LogP contribution is 2.09. The first-order valence-corrected chi connectivity index (χ1v) is 5.12. The third-order valence-corrected chi connectivity index (χ3v) is 1.84. The van der Waals surface area contributed by atoms with Crippen molar-refractivity contribution in [1.29, 1.82) is 0 Å². The Kier molecular flexibility index (Phi) is 5.09. The molecule has 6 heteroatoms. The monoisotopic (exact) mass is 237 g/mol. The van der Waals surface area contributed by atoms with Crippen LogP contribution in [0.25, 0.3) is 0 Å². The van der Waals surface area contributed by atoms with E-state index in [9.17, 15) is 4.79 Å². The molecule has 17 heavy (non-hydrogen) atoms. The van der Waals surface area contributed by atoms with E-state index in [1.165, 1.54) is 12.3 Å². The second kappa shape index (κ2) is 6.59. The van der Waals surface area contributed by atoms with Crippen LogP contribution in [0.5, 0.6) is 0 Å². The Labute approximate surface area is 99.3 Å². The van der Waals surface area contributed by atoms with Gasteiger partial charge < -0.3 is 15.2 Å². The molecule has 0 saturated carbocycles. The zero-order chi connectivity index (χ0) is 12.7. The van der Waals surface area contributed by atoms with Gasteiger partial charge in [0, 0.05) is 6.54 Å². The van der Waals surface area contributed by atoms with Gasteiger partial charge in [-0.1, -0.05) is 12.2 Å². The highest BCUT2D eigenvalue weighted by atomic mass is 16.5. The molecule has 1 heterocycles. The molecule has 0 spiro atoms. The highest BCUT2D eigenvalue weighted by Gasteiger charge is 2.10. The zero-order valence-electron chi connectivity index (χ0n) is 9.64. The number of nitrogens with one attached hydrogen (secondary N) is 1. The molecular formula is C11H15N3O3. The van der Waals surface area contributed by atoms with Gasteiger partial charge in [0.15, 0.2) is 5.82 Å². The molecule has 92 valence electrons. The van der Waals surface area contributed by atoms with Crippen LogP contribution in [0.3, 0.4) is 0 Å². The van der Waals surface area contributed by atoms with E-state index in [0.717, 1.165) is 5.57 Å². The Morgan fingerprint density at radius 1 is 1.65 bits per heavy atom. The summed E-state index contributed by atoms with van der Waals surface area (Å²) in [6.07, 6.45) is 1.34. The number of hydrogen-bond acceptors (Lipinski definition) is 5. The van der Waals surface area contributed by atoms with E-state index in [1.807, 2.05) is 6.92 Å². The van der Waals surface area contributed by atoms with Crippen LogP contribution < -0.4 is 5.32 Å². The third-order valence-electron chi connectivity index (χ3n) is 1.84. The van der Waals surface area contributed by atoms with Crippen molar-refractivity contribution < 1.29 is 14.6 Å². The number of hydrogen-bond donors (Lipinski definition) is 2. The number of aromatic carboxylic acids is 1. The summed E-state index contributed by atoms with van der Waals surface area (Å²) in [7, 11) is 0. The Morgan fingerprint density at radius 2 is 2.41 bits per heavy atom. The van der Waals surface area contributed by atoms with Gasteiger partial charge in [-0.05, 0) is 13.0 Å². The highest BCUT2D eigenvalue weighted by molar-refractivity contribution is 5.92. The fraction of sp³-hybridized carbons (Fsp3) is 0.364. The largest absolute Gasteiger partial charge is 0.478 e. The molecule has 0 aromatic carbocycles. The lowest BCUT2D eigenvalue weighted by Gasteiger charge is -2.07. The first-order chi connectivity index (χ1) is 8.11. The predicted molar refractivity (Wildman–Crippen MR) is 63.1 cm³/mol. The van der Waals surface area contributed by atoms with Gasteiger partial charge in [-0.2, -0.15) is 5.10 Å². The lowest BCUT2D eigenvalue weighted by molar-refractivity contribution is 0.0697. The SMILES string of the molecule is C=C(C)COCCNc1nnccc1C(=O)O. The van der Waals surface area contributed by atoms with Crippen molar-refractivity contribution in [2.45, 2.75) is 6.92 Å². The number of carbonyl (C=O) groups is 1. The fourth-order valence-corrected chi connectivity index (χ4v) is 1.12. The van der Waals surface area contributed by atoms with Crippen molar-refractivity contribution >= 4 is 11.8 Å². The standard InChI is InChI=1S/C11H15N3O3/c1-8(2)7-17-6-5-12-10-9(11(15)16)3-4-13-14-10/h3-4H,1,5-7H2,2H3,(H,12,14)(H,15,16). The van der Waals surface area contributed by atoms with E-state index in [0.29, 0.717) is 19.8 Å². The van der Waals surface area contributed by atoms with Crippen molar-refractivity contribution in [2.24, 2.45) is 0 Å². The van der Waals surface area contributed by atoms with Gasteiger partial charge in [0.1, 0.15) is 5.56 Å². The second-order valence-electron chi connectivity index (χ2n) is 3.54. The second-order valence-corrected chi connectivity index (χ2v) is 3.54. The van der Waals surface area contributed by atoms with Crippen LogP contribution >= 0.6 is 0 Å². The van der Waals surface area contributed by atoms with Crippen LogP contribution in [0.1, 0.15) is 17.3 Å². The van der Waals surface area contributed by atoms with Crippen LogP contribution in [0.4, 0.5) is 5.82 Å². The summed E-state index contributed by atoms with van der Waals surface area (Å²) in [4.78, 5) is 10.8. The zero-order valence-corrected chi connectivity index (χ0v) is 9.64. The van der Waals surface area contributed by atoms with Crippen LogP contribution in [-0.4, -0.2) is 41.0 Å². The first kappa shape index (κ1) is 13.1. The van der Waals surface area contributed by atoms with E-state index >= 15 is 0 Å². The minimum absolute atomic E-state index is 0.0971. The molecule has 0 radical (unpaired) electrons. The van der Waals surface area contributed by atoms with Crippen molar-refractivity contribution in [3.8, 4) is 0 Å². The topological polar surface area (TPSA) is 84.3 Å². The first-order valence-electron chi connectivity index (χ1n) is 5.12. The maximum atomic E-state index is 10.8. The summed E-state index contributed by atoms with van der Waals surface area (Å²) in [6.45, 7) is 6.98. The van der Waals surface area contributed by atoms with Crippen molar-refractivity contribution in [3.05, 3.63) is 30.0 Å². The van der Waals surface area contributed by atoms with Crippen LogP contribution in [-0.2, 0) is 4.74 Å². The van der Waals surface area contributed by atoms with Crippen molar-refractivity contribution in [1.82, 2.24) is 10.2 Å². The van der Waals surface area contributed by atoms with Gasteiger partial charge in [0.25, 0.3) is 0 Å². The molecule has 0 bridgehead atoms. The molecule has 0 aliphatic heterocycles. The molecule has 0 atom stereocenters. The molecule has 0 saturated heterocycles. The Balaban J connectivity index is 2.41. The normalized spacial score (nSPS) is 9.94. The Hall–Kier alpha value is -1.95. The van der Waals surface area contributed by atoms with Gasteiger partial charge in [0.05, 0.1) is 19.4 Å². The molecule has 0 fully saturated rings. The summed E-state index contributed by atoms with van der Waals surface area (Å²) in [5, 5.41) is 19.1. The van der Waals surface area contributed by atoms with Crippen molar-refractivity contribution in [2.75, 3.05) is 25.1 Å². The molecule has 0 aliphatic rings. The smallest absolute Gasteiger partial charge is 0.339 e. The average molecular weight is 237 g/mol. The Morgan fingerprint density at radius 3 is 3.06 bits per heavy atom. The van der Waals surface area contributed by atoms with Crippen LogP contribution in [0.15, 0.2) is 24.4 Å². The van der Waals surface area contributed by atoms with Gasteiger partial charge >= 0.3 is 5.97 Å². The number of ether oxygens (including phenoxy) is 1. The molecule has 1 aromatic heterocycles. The lowest BCUT2D eigenvalue weighted by atomic mass is 10.3. The minimum Gasteiger partial charge on any atom is -0.478 e. The molecular weight excluding hydrogens is 222 g/mol. The summed E-state index contributed by atoms with van der Waals surface area (Å²) < 4.78 is 5.26. The number of aromatic nitrogens is 2. The predicted octanol–water partition coefficient (Wildman–Crippen LogP) is 1.18. The van der Waals surface area contributed by atoms with Crippen molar-refractivity contribution in [3.63, 3.8) is 0 Å². The number of rotatable bonds is 7. The maximum Gasteiger partial charge on any atom is 0.339 e. The fourth-order valence-electron chi connectivity index (χ4n) is 1.12. The van der Waals surface area contributed by atoms with E-state index < -0.39 is 5.97 Å². The van der Waals surface area contributed by atoms with Crippen LogP contribution in [0, 0.1) is 0 Å². The summed E-state index contributed by atoms with van der Waals surface area (Å²) in [5.41, 5.74) is 1.04. The molecule has 0 unspecified atom stereocenters. The van der Waals surface area contributed by atoms with Gasteiger partial charge in [-0.3, -0.25) is 0 Å². The quantitative estimate of drug-likeness (QED) is 0.547. The summed E-state index contributed by atoms with van der Waals surface area (Å²) in [6, 6.07) is 1.40. The Bertz CT molecular complexity index is 407. The molecule has 0 amide bonds. The number of anilines is 1. The van der Waals surface area contributed by atoms with E-state index in [2.05, 4.69) is 22.1 Å². The van der Waals surface area contributed by atoms with Gasteiger partial charge in [0.2, 0.25) is 0 Å². The summed E-state index contributed by atoms with van der Waals surface area (Å²) >= 11 is 0. The van der Waals surface area contributed by atoms with E-state index in [4.69, 9.17) is 9.84 Å². The molecule has 2 N–H and O–H groups in total. The molecule has 1 rings (SSSR count). The number of carboxylic acid groups (broad SMARTS) is 1. The van der Waals surface area contributed by atoms with Gasteiger partial charge in [-0.25, -0.2) is 4.79 Å². The molecule has 0 aliphatic carbocycles. The van der Waals surface area contributed by atoms with E-state index in [-0.39, 0.29) is 11.4 Å². The minimum atomic E-state index is -1.04. The average Bonchev–Trinajstić information content (AvgIpc) is 2.28. The molecule has 6 nitrogen and oxygen atoms in total. The lowest BCUT2D eigenvalue weighted by Crippen LogP contribution is -2.14. The number of carboxylic acids is 1. The molecule has 1 aromatic rings. The third kappa shape index (κ3) is 4.60. The number of nitrogens with zero attached hydrogens (tertiary/aromatic N) is 2. The van der Waals surface area contributed by atoms with Crippen LogP contribution in [0.2, 0.25) is 0 Å².